The van der Waals surface area contributed by atoms with Crippen molar-refractivity contribution in [1.82, 2.24) is 0 Å². The molecule has 0 aliphatic carbocycles. The van der Waals surface area contributed by atoms with Crippen molar-refractivity contribution in [2.75, 3.05) is 12.0 Å². The summed E-state index contributed by atoms with van der Waals surface area (Å²) >= 11 is 0. The van der Waals surface area contributed by atoms with Crippen LogP contribution in [0.3, 0.4) is 0 Å². The van der Waals surface area contributed by atoms with E-state index in [4.69, 9.17) is 0 Å². The van der Waals surface area contributed by atoms with E-state index in [0.717, 1.165) is 11.8 Å². The van der Waals surface area contributed by atoms with E-state index in [1.807, 2.05) is 30.3 Å². The van der Waals surface area contributed by atoms with Crippen LogP contribution in [0.4, 0.5) is 0 Å². The quantitative estimate of drug-likeness (QED) is 0.852. The summed E-state index contributed by atoms with van der Waals surface area (Å²) in [7, 11) is -4.68. The Morgan fingerprint density at radius 1 is 0.950 bits per heavy atom. The highest BCUT2D eigenvalue weighted by molar-refractivity contribution is 7.92. The first-order valence-corrected chi connectivity index (χ1v) is 9.41. The molecule has 0 bridgehead atoms. The third kappa shape index (κ3) is 3.77. The summed E-state index contributed by atoms with van der Waals surface area (Å²) in [6.07, 6.45) is 1.80. The van der Waals surface area contributed by atoms with Crippen LogP contribution < -0.4 is 0 Å². The number of sulfone groups is 1. The van der Waals surface area contributed by atoms with E-state index in [1.165, 1.54) is 6.07 Å². The molecule has 3 nitrogen and oxygen atoms in total. The van der Waals surface area contributed by atoms with Crippen LogP contribution in [0, 0.1) is 0 Å². The molecule has 20 heavy (non-hydrogen) atoms. The molecule has 0 spiro atoms. The van der Waals surface area contributed by atoms with Crippen LogP contribution in [0.2, 0.25) is 0 Å². The molecule has 0 amide bonds. The van der Waals surface area contributed by atoms with Crippen LogP contribution in [0.1, 0.15) is 5.56 Å². The third-order valence-electron chi connectivity index (χ3n) is 2.91. The van der Waals surface area contributed by atoms with E-state index in [-0.39, 0.29) is 4.90 Å². The third-order valence-corrected chi connectivity index (χ3v) is 5.62. The van der Waals surface area contributed by atoms with Gasteiger partial charge < -0.3 is 0 Å². The standard InChI is InChI=1S/C15H16O3S2/c1-20(17,18)15-10-6-5-9-14(15)19(16)12-11-13-7-3-2-4-8-13/h2-10H,11-12H2,1H3. The van der Waals surface area contributed by atoms with Gasteiger partial charge in [0.05, 0.1) is 20.6 Å². The van der Waals surface area contributed by atoms with Gasteiger partial charge in [-0.3, -0.25) is 4.21 Å². The number of hydrogen-bond acceptors (Lipinski definition) is 3. The summed E-state index contributed by atoms with van der Waals surface area (Å²) in [5, 5.41) is 0. The van der Waals surface area contributed by atoms with Gasteiger partial charge in [0.2, 0.25) is 0 Å². The van der Waals surface area contributed by atoms with Crippen molar-refractivity contribution in [3.63, 3.8) is 0 Å². The molecule has 0 saturated heterocycles. The first-order chi connectivity index (χ1) is 9.48. The molecule has 1 atom stereocenters. The average Bonchev–Trinajstić information content (AvgIpc) is 2.45. The predicted octanol–water partition coefficient (Wildman–Crippen LogP) is 2.44. The lowest BCUT2D eigenvalue weighted by Gasteiger charge is -2.07. The molecule has 0 aliphatic heterocycles. The predicted molar refractivity (Wildman–Crippen MR) is 81.0 cm³/mol. The number of rotatable bonds is 5. The second-order valence-electron chi connectivity index (χ2n) is 4.50. The summed E-state index contributed by atoms with van der Waals surface area (Å²) < 4.78 is 35.7. The minimum Gasteiger partial charge on any atom is -0.254 e. The zero-order valence-electron chi connectivity index (χ0n) is 11.2. The Morgan fingerprint density at radius 2 is 1.55 bits per heavy atom. The van der Waals surface area contributed by atoms with Crippen molar-refractivity contribution in [3.05, 3.63) is 60.2 Å². The van der Waals surface area contributed by atoms with Crippen LogP contribution >= 0.6 is 0 Å². The maximum absolute atomic E-state index is 12.3. The fourth-order valence-electron chi connectivity index (χ4n) is 1.91. The van der Waals surface area contributed by atoms with Crippen LogP contribution in [0.25, 0.3) is 0 Å². The van der Waals surface area contributed by atoms with Gasteiger partial charge in [-0.2, -0.15) is 0 Å². The lowest BCUT2D eigenvalue weighted by atomic mass is 10.2. The van der Waals surface area contributed by atoms with Crippen LogP contribution in [-0.2, 0) is 27.1 Å². The molecular weight excluding hydrogens is 292 g/mol. The molecule has 1 unspecified atom stereocenters. The average molecular weight is 308 g/mol. The van der Waals surface area contributed by atoms with Crippen molar-refractivity contribution in [1.29, 1.82) is 0 Å². The van der Waals surface area contributed by atoms with Crippen molar-refractivity contribution in [3.8, 4) is 0 Å². The van der Waals surface area contributed by atoms with Gasteiger partial charge in [-0.05, 0) is 24.1 Å². The molecule has 5 heteroatoms. The monoisotopic (exact) mass is 308 g/mol. The van der Waals surface area contributed by atoms with Crippen LogP contribution in [-0.4, -0.2) is 24.6 Å². The van der Waals surface area contributed by atoms with E-state index in [1.54, 1.807) is 18.2 Å². The first-order valence-electron chi connectivity index (χ1n) is 6.20. The molecule has 0 aliphatic rings. The molecule has 0 saturated carbocycles. The van der Waals surface area contributed by atoms with E-state index in [9.17, 15) is 12.6 Å². The van der Waals surface area contributed by atoms with Crippen molar-refractivity contribution < 1.29 is 12.6 Å². The molecular formula is C15H16O3S2. The number of aryl methyl sites for hydroxylation is 1. The van der Waals surface area contributed by atoms with Gasteiger partial charge in [0, 0.05) is 12.0 Å². The largest absolute Gasteiger partial charge is 0.254 e. The summed E-state index contributed by atoms with van der Waals surface area (Å²) in [6, 6.07) is 16.2. The Labute approximate surface area is 122 Å². The van der Waals surface area contributed by atoms with Crippen molar-refractivity contribution in [2.45, 2.75) is 16.2 Å². The molecule has 2 aromatic carbocycles. The molecule has 106 valence electrons. The summed E-state index contributed by atoms with van der Waals surface area (Å²) in [6.45, 7) is 0. The van der Waals surface area contributed by atoms with Gasteiger partial charge in [-0.25, -0.2) is 8.42 Å². The molecule has 0 radical (unpaired) electrons. The Balaban J connectivity index is 2.18. The van der Waals surface area contributed by atoms with Crippen molar-refractivity contribution in [2.24, 2.45) is 0 Å². The number of benzene rings is 2. The van der Waals surface area contributed by atoms with Crippen LogP contribution in [0.15, 0.2) is 64.4 Å². The first kappa shape index (κ1) is 14.9. The molecule has 0 N–H and O–H groups in total. The fourth-order valence-corrected chi connectivity index (χ4v) is 4.57. The highest BCUT2D eigenvalue weighted by Gasteiger charge is 2.16. The van der Waals surface area contributed by atoms with Crippen LogP contribution in [0.5, 0.6) is 0 Å². The van der Waals surface area contributed by atoms with Gasteiger partial charge in [0.25, 0.3) is 0 Å². The molecule has 0 fully saturated rings. The van der Waals surface area contributed by atoms with E-state index >= 15 is 0 Å². The smallest absolute Gasteiger partial charge is 0.176 e. The maximum atomic E-state index is 12.3. The second kappa shape index (κ2) is 6.33. The summed E-state index contributed by atoms with van der Waals surface area (Å²) in [5.74, 6) is 0.413. The fraction of sp³-hybridized carbons (Fsp3) is 0.200. The Bertz CT molecular complexity index is 707. The highest BCUT2D eigenvalue weighted by Crippen LogP contribution is 2.19. The lowest BCUT2D eigenvalue weighted by molar-refractivity contribution is 0.599. The lowest BCUT2D eigenvalue weighted by Crippen LogP contribution is -2.08. The van der Waals surface area contributed by atoms with Gasteiger partial charge in [0.15, 0.2) is 9.84 Å². The van der Waals surface area contributed by atoms with Gasteiger partial charge in [0.1, 0.15) is 0 Å². The normalized spacial score (nSPS) is 13.1. The second-order valence-corrected chi connectivity index (χ2v) is 8.03. The number of hydrogen-bond donors (Lipinski definition) is 0. The van der Waals surface area contributed by atoms with E-state index in [0.29, 0.717) is 17.1 Å². The zero-order valence-corrected chi connectivity index (χ0v) is 12.8. The topological polar surface area (TPSA) is 51.2 Å². The zero-order chi connectivity index (χ0) is 14.6. The molecule has 0 heterocycles. The Morgan fingerprint density at radius 3 is 2.20 bits per heavy atom. The van der Waals surface area contributed by atoms with E-state index < -0.39 is 20.6 Å². The molecule has 2 rings (SSSR count). The minimum atomic E-state index is -3.35. The van der Waals surface area contributed by atoms with Gasteiger partial charge in [-0.1, -0.05) is 42.5 Å². The highest BCUT2D eigenvalue weighted by atomic mass is 32.2. The maximum Gasteiger partial charge on any atom is 0.176 e. The van der Waals surface area contributed by atoms with Crippen molar-refractivity contribution >= 4 is 20.6 Å². The van der Waals surface area contributed by atoms with Gasteiger partial charge in [-0.15, -0.1) is 0 Å². The Hall–Kier alpha value is -1.46. The van der Waals surface area contributed by atoms with Gasteiger partial charge >= 0.3 is 0 Å². The summed E-state index contributed by atoms with van der Waals surface area (Å²) in [4.78, 5) is 0.553. The van der Waals surface area contributed by atoms with E-state index in [2.05, 4.69) is 0 Å². The summed E-state index contributed by atoms with van der Waals surface area (Å²) in [5.41, 5.74) is 1.10. The molecule has 2 aromatic rings. The minimum absolute atomic E-state index is 0.159. The Kier molecular flexibility index (Phi) is 4.73. The SMILES string of the molecule is CS(=O)(=O)c1ccccc1S(=O)CCc1ccccc1. The molecule has 0 aromatic heterocycles.